The van der Waals surface area contributed by atoms with Crippen molar-refractivity contribution in [1.29, 1.82) is 0 Å². The van der Waals surface area contributed by atoms with Crippen LogP contribution in [0.4, 0.5) is 0 Å². The van der Waals surface area contributed by atoms with Crippen LogP contribution in [0.5, 0.6) is 0 Å². The van der Waals surface area contributed by atoms with Crippen LogP contribution in [-0.4, -0.2) is 24.3 Å². The first-order valence-corrected chi connectivity index (χ1v) is 5.08. The van der Waals surface area contributed by atoms with Crippen molar-refractivity contribution in [3.63, 3.8) is 0 Å². The topological polar surface area (TPSA) is 32.3 Å². The van der Waals surface area contributed by atoms with Gasteiger partial charge in [-0.1, -0.05) is 20.3 Å². The summed E-state index contributed by atoms with van der Waals surface area (Å²) in [5.41, 5.74) is 0. The molecule has 1 saturated carbocycles. The van der Waals surface area contributed by atoms with E-state index in [1.807, 2.05) is 0 Å². The van der Waals surface area contributed by atoms with E-state index in [0.29, 0.717) is 18.4 Å². The van der Waals surface area contributed by atoms with Crippen molar-refractivity contribution in [3.8, 4) is 0 Å². The maximum Gasteiger partial charge on any atom is 0.0473 e. The molecule has 1 fully saturated rings. The molecule has 2 N–H and O–H groups in total. The monoisotopic (exact) mass is 171 g/mol. The van der Waals surface area contributed by atoms with Gasteiger partial charge in [-0.05, 0) is 24.7 Å². The van der Waals surface area contributed by atoms with Crippen molar-refractivity contribution < 1.29 is 5.11 Å². The molecule has 2 heteroatoms. The number of rotatable bonds is 5. The van der Waals surface area contributed by atoms with Gasteiger partial charge in [0.2, 0.25) is 0 Å². The average molecular weight is 171 g/mol. The Kier molecular flexibility index (Phi) is 4.02. The standard InChI is InChI=1S/C10H21NO/c1-8(2)9(7-12)6-11-10-4-3-5-10/h8-12H,3-7H2,1-2H3. The molecule has 0 saturated heterocycles. The van der Waals surface area contributed by atoms with Crippen LogP contribution in [0.2, 0.25) is 0 Å². The lowest BCUT2D eigenvalue weighted by molar-refractivity contribution is 0.175. The summed E-state index contributed by atoms with van der Waals surface area (Å²) in [7, 11) is 0. The second-order valence-corrected chi connectivity index (χ2v) is 4.22. The number of hydrogen-bond donors (Lipinski definition) is 2. The third-order valence-corrected chi connectivity index (χ3v) is 2.95. The fraction of sp³-hybridized carbons (Fsp3) is 1.00. The Labute approximate surface area is 75.4 Å². The summed E-state index contributed by atoms with van der Waals surface area (Å²) >= 11 is 0. The summed E-state index contributed by atoms with van der Waals surface area (Å²) in [6, 6.07) is 0.748. The smallest absolute Gasteiger partial charge is 0.0473 e. The van der Waals surface area contributed by atoms with Crippen molar-refractivity contribution in [2.75, 3.05) is 13.2 Å². The zero-order valence-corrected chi connectivity index (χ0v) is 8.21. The summed E-state index contributed by atoms with van der Waals surface area (Å²) in [5, 5.41) is 12.6. The molecular formula is C10H21NO. The van der Waals surface area contributed by atoms with Crippen LogP contribution in [0.25, 0.3) is 0 Å². The summed E-state index contributed by atoms with van der Waals surface area (Å²) in [6.07, 6.45) is 4.04. The van der Waals surface area contributed by atoms with Gasteiger partial charge >= 0.3 is 0 Å². The van der Waals surface area contributed by atoms with Crippen molar-refractivity contribution in [1.82, 2.24) is 5.32 Å². The van der Waals surface area contributed by atoms with Gasteiger partial charge in [-0.3, -0.25) is 0 Å². The lowest BCUT2D eigenvalue weighted by atomic mass is 9.91. The van der Waals surface area contributed by atoms with Gasteiger partial charge in [0.15, 0.2) is 0 Å². The second kappa shape index (κ2) is 4.83. The Morgan fingerprint density at radius 2 is 2.08 bits per heavy atom. The van der Waals surface area contributed by atoms with Crippen LogP contribution >= 0.6 is 0 Å². The molecule has 2 nitrogen and oxygen atoms in total. The molecule has 1 unspecified atom stereocenters. The molecule has 0 bridgehead atoms. The SMILES string of the molecule is CC(C)C(CO)CNC1CCC1. The van der Waals surface area contributed by atoms with E-state index in [-0.39, 0.29) is 0 Å². The summed E-state index contributed by atoms with van der Waals surface area (Å²) in [6.45, 7) is 5.64. The molecule has 1 atom stereocenters. The third kappa shape index (κ3) is 2.76. The highest BCUT2D eigenvalue weighted by Gasteiger charge is 2.19. The predicted octanol–water partition coefficient (Wildman–Crippen LogP) is 1.39. The van der Waals surface area contributed by atoms with Gasteiger partial charge in [-0.15, -0.1) is 0 Å². The minimum Gasteiger partial charge on any atom is -0.396 e. The maximum absolute atomic E-state index is 9.06. The fourth-order valence-electron chi connectivity index (χ4n) is 1.44. The van der Waals surface area contributed by atoms with E-state index in [1.165, 1.54) is 19.3 Å². The van der Waals surface area contributed by atoms with Gasteiger partial charge in [-0.25, -0.2) is 0 Å². The van der Waals surface area contributed by atoms with Crippen molar-refractivity contribution >= 4 is 0 Å². The lowest BCUT2D eigenvalue weighted by Gasteiger charge is -2.29. The number of nitrogens with one attached hydrogen (secondary N) is 1. The van der Waals surface area contributed by atoms with Crippen LogP contribution in [0, 0.1) is 11.8 Å². The van der Waals surface area contributed by atoms with Gasteiger partial charge in [-0.2, -0.15) is 0 Å². The molecule has 0 spiro atoms. The lowest BCUT2D eigenvalue weighted by Crippen LogP contribution is -2.40. The molecule has 1 aliphatic carbocycles. The fourth-order valence-corrected chi connectivity index (χ4v) is 1.44. The minimum absolute atomic E-state index is 0.317. The van der Waals surface area contributed by atoms with Gasteiger partial charge in [0.05, 0.1) is 0 Å². The molecule has 1 aliphatic rings. The first kappa shape index (κ1) is 10.0. The summed E-state index contributed by atoms with van der Waals surface area (Å²) < 4.78 is 0. The summed E-state index contributed by atoms with van der Waals surface area (Å²) in [5.74, 6) is 1.02. The first-order chi connectivity index (χ1) is 5.74. The Hall–Kier alpha value is -0.0800. The van der Waals surface area contributed by atoms with E-state index in [2.05, 4.69) is 19.2 Å². The zero-order chi connectivity index (χ0) is 8.97. The summed E-state index contributed by atoms with van der Waals surface area (Å²) in [4.78, 5) is 0. The average Bonchev–Trinajstić information content (AvgIpc) is 1.93. The van der Waals surface area contributed by atoms with Crippen LogP contribution < -0.4 is 5.32 Å². The first-order valence-electron chi connectivity index (χ1n) is 5.08. The van der Waals surface area contributed by atoms with Crippen LogP contribution in [0.1, 0.15) is 33.1 Å². The Balaban J connectivity index is 2.09. The zero-order valence-electron chi connectivity index (χ0n) is 8.21. The van der Waals surface area contributed by atoms with E-state index in [1.54, 1.807) is 0 Å². The highest BCUT2D eigenvalue weighted by Crippen LogP contribution is 2.19. The molecule has 0 aromatic rings. The third-order valence-electron chi connectivity index (χ3n) is 2.95. The largest absolute Gasteiger partial charge is 0.396 e. The van der Waals surface area contributed by atoms with Gasteiger partial charge in [0.25, 0.3) is 0 Å². The predicted molar refractivity (Wildman–Crippen MR) is 51.1 cm³/mol. The number of aliphatic hydroxyl groups is 1. The van der Waals surface area contributed by atoms with E-state index >= 15 is 0 Å². The van der Waals surface area contributed by atoms with E-state index in [9.17, 15) is 0 Å². The molecule has 1 rings (SSSR count). The van der Waals surface area contributed by atoms with Gasteiger partial charge in [0.1, 0.15) is 0 Å². The van der Waals surface area contributed by atoms with E-state index < -0.39 is 0 Å². The molecule has 0 heterocycles. The minimum atomic E-state index is 0.317. The molecular weight excluding hydrogens is 150 g/mol. The second-order valence-electron chi connectivity index (χ2n) is 4.22. The highest BCUT2D eigenvalue weighted by atomic mass is 16.3. The van der Waals surface area contributed by atoms with E-state index in [0.717, 1.165) is 12.6 Å². The van der Waals surface area contributed by atoms with E-state index in [4.69, 9.17) is 5.11 Å². The van der Waals surface area contributed by atoms with Gasteiger partial charge in [0, 0.05) is 19.2 Å². The quantitative estimate of drug-likeness (QED) is 0.655. The molecule has 12 heavy (non-hydrogen) atoms. The number of aliphatic hydroxyl groups excluding tert-OH is 1. The maximum atomic E-state index is 9.06. The van der Waals surface area contributed by atoms with Gasteiger partial charge < -0.3 is 10.4 Å². The van der Waals surface area contributed by atoms with Crippen molar-refractivity contribution in [2.24, 2.45) is 11.8 Å². The molecule has 0 amide bonds. The normalized spacial score (nSPS) is 21.0. The Morgan fingerprint density at radius 1 is 1.42 bits per heavy atom. The number of hydrogen-bond acceptors (Lipinski definition) is 2. The van der Waals surface area contributed by atoms with Crippen LogP contribution in [0.3, 0.4) is 0 Å². The molecule has 72 valence electrons. The Bertz CT molecular complexity index is 121. The highest BCUT2D eigenvalue weighted by molar-refractivity contribution is 4.78. The Morgan fingerprint density at radius 3 is 2.42 bits per heavy atom. The molecule has 0 aliphatic heterocycles. The molecule has 0 aromatic carbocycles. The molecule has 0 aromatic heterocycles. The van der Waals surface area contributed by atoms with Crippen LogP contribution in [0.15, 0.2) is 0 Å². The molecule has 0 radical (unpaired) electrons. The van der Waals surface area contributed by atoms with Crippen LogP contribution in [-0.2, 0) is 0 Å². The van der Waals surface area contributed by atoms with Crippen molar-refractivity contribution in [2.45, 2.75) is 39.2 Å². The van der Waals surface area contributed by atoms with Crippen molar-refractivity contribution in [3.05, 3.63) is 0 Å².